The van der Waals surface area contributed by atoms with Crippen molar-refractivity contribution in [1.29, 1.82) is 0 Å². The molecule has 6 atom stereocenters. The minimum atomic E-state index is 0.795. The first-order valence-electron chi connectivity index (χ1n) is 9.72. The van der Waals surface area contributed by atoms with E-state index in [1.165, 1.54) is 38.9 Å². The SMILES string of the molecule is CCC(C)C1CNC(C2CC2)CN1CC1CC2CCC1C2. The second kappa shape index (κ2) is 5.85. The maximum atomic E-state index is 3.89. The van der Waals surface area contributed by atoms with Crippen molar-refractivity contribution >= 4 is 0 Å². The maximum Gasteiger partial charge on any atom is 0.0247 e. The molecule has 6 unspecified atom stereocenters. The zero-order valence-corrected chi connectivity index (χ0v) is 14.1. The zero-order valence-electron chi connectivity index (χ0n) is 14.1. The summed E-state index contributed by atoms with van der Waals surface area (Å²) in [6.07, 6.45) is 10.5. The van der Waals surface area contributed by atoms with Gasteiger partial charge in [-0.1, -0.05) is 26.7 Å². The van der Waals surface area contributed by atoms with E-state index in [2.05, 4.69) is 24.1 Å². The van der Waals surface area contributed by atoms with E-state index in [0.29, 0.717) is 0 Å². The summed E-state index contributed by atoms with van der Waals surface area (Å²) in [6.45, 7) is 8.84. The lowest BCUT2D eigenvalue weighted by molar-refractivity contribution is 0.0601. The monoisotopic (exact) mass is 290 g/mol. The van der Waals surface area contributed by atoms with Gasteiger partial charge >= 0.3 is 0 Å². The van der Waals surface area contributed by atoms with Crippen LogP contribution < -0.4 is 5.32 Å². The Hall–Kier alpha value is -0.0800. The molecule has 1 N–H and O–H groups in total. The van der Waals surface area contributed by atoms with Crippen LogP contribution in [-0.4, -0.2) is 36.6 Å². The van der Waals surface area contributed by atoms with E-state index >= 15 is 0 Å². The number of nitrogens with zero attached hydrogens (tertiary/aromatic N) is 1. The largest absolute Gasteiger partial charge is 0.311 e. The molecule has 1 aliphatic heterocycles. The average Bonchev–Trinajstić information content (AvgIpc) is 3.16. The molecule has 21 heavy (non-hydrogen) atoms. The Kier molecular flexibility index (Phi) is 4.04. The Morgan fingerprint density at radius 1 is 1.10 bits per heavy atom. The fourth-order valence-electron chi connectivity index (χ4n) is 5.61. The number of rotatable bonds is 5. The summed E-state index contributed by atoms with van der Waals surface area (Å²) in [6, 6.07) is 1.60. The van der Waals surface area contributed by atoms with Crippen LogP contribution >= 0.6 is 0 Å². The number of nitrogens with one attached hydrogen (secondary N) is 1. The standard InChI is InChI=1S/C19H34N2/c1-3-13(2)19-10-20-18(15-6-7-15)12-21(19)11-17-9-14-4-5-16(17)8-14/h13-20H,3-12H2,1-2H3. The van der Waals surface area contributed by atoms with Gasteiger partial charge in [0.2, 0.25) is 0 Å². The van der Waals surface area contributed by atoms with Crippen molar-refractivity contribution in [2.45, 2.75) is 70.9 Å². The van der Waals surface area contributed by atoms with E-state index in [-0.39, 0.29) is 0 Å². The first kappa shape index (κ1) is 14.5. The predicted molar refractivity (Wildman–Crippen MR) is 88.3 cm³/mol. The first-order chi connectivity index (χ1) is 10.2. The molecule has 1 saturated heterocycles. The highest BCUT2D eigenvalue weighted by atomic mass is 15.2. The summed E-state index contributed by atoms with van der Waals surface area (Å²) in [5, 5.41) is 3.89. The molecule has 3 saturated carbocycles. The van der Waals surface area contributed by atoms with Gasteiger partial charge in [-0.25, -0.2) is 0 Å². The lowest BCUT2D eigenvalue weighted by Crippen LogP contribution is -2.60. The Balaban J connectivity index is 1.42. The summed E-state index contributed by atoms with van der Waals surface area (Å²) in [5.74, 6) is 5.07. The van der Waals surface area contributed by atoms with Gasteiger partial charge in [0.1, 0.15) is 0 Å². The molecule has 2 bridgehead atoms. The number of piperazine rings is 1. The quantitative estimate of drug-likeness (QED) is 0.833. The second-order valence-corrected chi connectivity index (χ2v) is 8.69. The first-order valence-corrected chi connectivity index (χ1v) is 9.72. The zero-order chi connectivity index (χ0) is 14.4. The topological polar surface area (TPSA) is 15.3 Å². The third-order valence-electron chi connectivity index (χ3n) is 7.33. The smallest absolute Gasteiger partial charge is 0.0247 e. The van der Waals surface area contributed by atoms with Crippen LogP contribution in [0.25, 0.3) is 0 Å². The number of fused-ring (bicyclic) bond motifs is 2. The second-order valence-electron chi connectivity index (χ2n) is 8.69. The van der Waals surface area contributed by atoms with Crippen LogP contribution in [0.3, 0.4) is 0 Å². The molecule has 4 fully saturated rings. The molecular weight excluding hydrogens is 256 g/mol. The highest BCUT2D eigenvalue weighted by Crippen LogP contribution is 2.49. The van der Waals surface area contributed by atoms with Crippen molar-refractivity contribution in [2.75, 3.05) is 19.6 Å². The summed E-state index contributed by atoms with van der Waals surface area (Å²) < 4.78 is 0. The van der Waals surface area contributed by atoms with Crippen LogP contribution in [0.4, 0.5) is 0 Å². The summed E-state index contributed by atoms with van der Waals surface area (Å²) in [7, 11) is 0. The Morgan fingerprint density at radius 2 is 1.90 bits per heavy atom. The molecule has 0 radical (unpaired) electrons. The Bertz CT molecular complexity index is 365. The van der Waals surface area contributed by atoms with E-state index in [4.69, 9.17) is 0 Å². The fraction of sp³-hybridized carbons (Fsp3) is 1.00. The normalized spacial score (nSPS) is 45.1. The molecular formula is C19H34N2. The van der Waals surface area contributed by atoms with Crippen molar-refractivity contribution in [2.24, 2.45) is 29.6 Å². The van der Waals surface area contributed by atoms with Crippen LogP contribution in [0.5, 0.6) is 0 Å². The van der Waals surface area contributed by atoms with Gasteiger partial charge < -0.3 is 5.32 Å². The summed E-state index contributed by atoms with van der Waals surface area (Å²) in [4.78, 5) is 2.93. The molecule has 2 heteroatoms. The van der Waals surface area contributed by atoms with Crippen LogP contribution in [0.1, 0.15) is 58.8 Å². The number of hydrogen-bond acceptors (Lipinski definition) is 2. The minimum absolute atomic E-state index is 0.795. The van der Waals surface area contributed by atoms with Gasteiger partial charge in [0.15, 0.2) is 0 Å². The molecule has 4 rings (SSSR count). The molecule has 3 aliphatic carbocycles. The van der Waals surface area contributed by atoms with Gasteiger partial charge in [-0.05, 0) is 61.7 Å². The van der Waals surface area contributed by atoms with Gasteiger partial charge in [-0.15, -0.1) is 0 Å². The van der Waals surface area contributed by atoms with Crippen molar-refractivity contribution in [3.8, 4) is 0 Å². The lowest BCUT2D eigenvalue weighted by atomic mass is 9.86. The highest BCUT2D eigenvalue weighted by Gasteiger charge is 2.43. The fourth-order valence-corrected chi connectivity index (χ4v) is 5.61. The van der Waals surface area contributed by atoms with Gasteiger partial charge in [0.05, 0.1) is 0 Å². The van der Waals surface area contributed by atoms with Crippen LogP contribution in [0, 0.1) is 29.6 Å². The summed E-state index contributed by atoms with van der Waals surface area (Å²) in [5.41, 5.74) is 0. The average molecular weight is 290 g/mol. The van der Waals surface area contributed by atoms with Crippen LogP contribution in [0.2, 0.25) is 0 Å². The molecule has 0 amide bonds. The van der Waals surface area contributed by atoms with E-state index in [0.717, 1.165) is 41.7 Å². The van der Waals surface area contributed by atoms with Crippen molar-refractivity contribution in [3.05, 3.63) is 0 Å². The molecule has 2 nitrogen and oxygen atoms in total. The minimum Gasteiger partial charge on any atom is -0.311 e. The number of hydrogen-bond donors (Lipinski definition) is 1. The summed E-state index contributed by atoms with van der Waals surface area (Å²) >= 11 is 0. The van der Waals surface area contributed by atoms with Crippen LogP contribution in [-0.2, 0) is 0 Å². The van der Waals surface area contributed by atoms with Gasteiger partial charge in [0.25, 0.3) is 0 Å². The predicted octanol–water partition coefficient (Wildman–Crippen LogP) is 3.52. The van der Waals surface area contributed by atoms with E-state index in [9.17, 15) is 0 Å². The van der Waals surface area contributed by atoms with Gasteiger partial charge in [-0.3, -0.25) is 4.90 Å². The van der Waals surface area contributed by atoms with Crippen molar-refractivity contribution in [3.63, 3.8) is 0 Å². The van der Waals surface area contributed by atoms with E-state index < -0.39 is 0 Å². The van der Waals surface area contributed by atoms with Crippen molar-refractivity contribution in [1.82, 2.24) is 10.2 Å². The molecule has 120 valence electrons. The lowest BCUT2D eigenvalue weighted by Gasteiger charge is -2.45. The van der Waals surface area contributed by atoms with E-state index in [1.807, 2.05) is 0 Å². The Morgan fingerprint density at radius 3 is 2.52 bits per heavy atom. The van der Waals surface area contributed by atoms with Gasteiger partial charge in [0, 0.05) is 31.7 Å². The molecule has 1 heterocycles. The van der Waals surface area contributed by atoms with E-state index in [1.54, 1.807) is 25.7 Å². The van der Waals surface area contributed by atoms with Gasteiger partial charge in [-0.2, -0.15) is 0 Å². The molecule has 0 aromatic carbocycles. The van der Waals surface area contributed by atoms with Crippen LogP contribution in [0.15, 0.2) is 0 Å². The third kappa shape index (κ3) is 2.91. The third-order valence-corrected chi connectivity index (χ3v) is 7.33. The molecule has 0 aromatic rings. The highest BCUT2D eigenvalue weighted by molar-refractivity contribution is 4.98. The van der Waals surface area contributed by atoms with Crippen molar-refractivity contribution < 1.29 is 0 Å². The maximum absolute atomic E-state index is 3.89. The molecule has 0 spiro atoms. The molecule has 0 aromatic heterocycles. The molecule has 4 aliphatic rings. The Labute approximate surface area is 131 Å².